The normalized spacial score (nSPS) is 21.3. The Bertz CT molecular complexity index is 351. The molecule has 1 aliphatic heterocycles. The van der Waals surface area contributed by atoms with Gasteiger partial charge in [0.25, 0.3) is 0 Å². The van der Waals surface area contributed by atoms with Crippen LogP contribution in [0.15, 0.2) is 4.52 Å². The number of hydrogen-bond donors (Lipinski definition) is 1. The second kappa shape index (κ2) is 6.85. The zero-order valence-electron chi connectivity index (χ0n) is 11.3. The van der Waals surface area contributed by atoms with Crippen molar-refractivity contribution in [3.05, 3.63) is 11.7 Å². The van der Waals surface area contributed by atoms with E-state index < -0.39 is 0 Å². The lowest BCUT2D eigenvalue weighted by atomic mass is 9.95. The molecule has 0 saturated carbocycles. The van der Waals surface area contributed by atoms with Crippen LogP contribution in [0.25, 0.3) is 0 Å². The Labute approximate surface area is 109 Å². The number of aromatic nitrogens is 2. The Morgan fingerprint density at radius 1 is 1.50 bits per heavy atom. The van der Waals surface area contributed by atoms with Gasteiger partial charge in [0.05, 0.1) is 6.54 Å². The summed E-state index contributed by atoms with van der Waals surface area (Å²) in [6, 6.07) is 0. The highest BCUT2D eigenvalue weighted by molar-refractivity contribution is 4.87. The number of likely N-dealkylation sites (tertiary alicyclic amines) is 1. The predicted molar refractivity (Wildman–Crippen MR) is 70.0 cm³/mol. The van der Waals surface area contributed by atoms with Gasteiger partial charge in [0.2, 0.25) is 5.89 Å². The van der Waals surface area contributed by atoms with Crippen molar-refractivity contribution < 1.29 is 4.52 Å². The maximum Gasteiger partial charge on any atom is 0.240 e. The summed E-state index contributed by atoms with van der Waals surface area (Å²) in [5.41, 5.74) is 5.63. The first kappa shape index (κ1) is 13.5. The van der Waals surface area contributed by atoms with Crippen molar-refractivity contribution in [3.63, 3.8) is 0 Å². The van der Waals surface area contributed by atoms with E-state index >= 15 is 0 Å². The molecule has 5 nitrogen and oxygen atoms in total. The number of nitrogens with two attached hydrogens (primary N) is 1. The van der Waals surface area contributed by atoms with Crippen LogP contribution in [0.5, 0.6) is 0 Å². The van der Waals surface area contributed by atoms with Crippen LogP contribution in [0.2, 0.25) is 0 Å². The van der Waals surface area contributed by atoms with Crippen molar-refractivity contribution in [1.29, 1.82) is 0 Å². The fourth-order valence-electron chi connectivity index (χ4n) is 2.64. The molecule has 2 heterocycles. The lowest BCUT2D eigenvalue weighted by molar-refractivity contribution is 0.146. The summed E-state index contributed by atoms with van der Waals surface area (Å²) in [7, 11) is 0. The van der Waals surface area contributed by atoms with Crippen molar-refractivity contribution >= 4 is 0 Å². The molecule has 1 saturated heterocycles. The van der Waals surface area contributed by atoms with E-state index in [0.29, 0.717) is 0 Å². The Hall–Kier alpha value is -0.940. The van der Waals surface area contributed by atoms with Crippen molar-refractivity contribution in [3.8, 4) is 0 Å². The summed E-state index contributed by atoms with van der Waals surface area (Å²) in [4.78, 5) is 6.83. The van der Waals surface area contributed by atoms with Crippen LogP contribution in [-0.2, 0) is 13.0 Å². The van der Waals surface area contributed by atoms with Crippen LogP contribution >= 0.6 is 0 Å². The topological polar surface area (TPSA) is 68.2 Å². The minimum Gasteiger partial charge on any atom is -0.338 e. The SMILES string of the molecule is CCCc1noc(CN2CCCC(CCN)C2)n1. The molecule has 0 spiro atoms. The average molecular weight is 252 g/mol. The third-order valence-corrected chi connectivity index (χ3v) is 3.52. The van der Waals surface area contributed by atoms with E-state index in [2.05, 4.69) is 22.0 Å². The van der Waals surface area contributed by atoms with E-state index in [1.165, 1.54) is 12.8 Å². The number of nitrogens with zero attached hydrogens (tertiary/aromatic N) is 3. The summed E-state index contributed by atoms with van der Waals surface area (Å²) in [6.07, 6.45) is 5.64. The Balaban J connectivity index is 1.84. The van der Waals surface area contributed by atoms with Crippen molar-refractivity contribution in [1.82, 2.24) is 15.0 Å². The van der Waals surface area contributed by atoms with E-state index in [1.54, 1.807) is 0 Å². The minimum absolute atomic E-state index is 0.738. The van der Waals surface area contributed by atoms with Gasteiger partial charge in [0, 0.05) is 13.0 Å². The summed E-state index contributed by atoms with van der Waals surface area (Å²) >= 11 is 0. The maximum atomic E-state index is 5.63. The van der Waals surface area contributed by atoms with Crippen molar-refractivity contribution in [2.45, 2.75) is 45.6 Å². The van der Waals surface area contributed by atoms with Gasteiger partial charge >= 0.3 is 0 Å². The van der Waals surface area contributed by atoms with E-state index in [1.807, 2.05) is 0 Å². The molecule has 1 aromatic rings. The van der Waals surface area contributed by atoms with Gasteiger partial charge in [0.1, 0.15) is 0 Å². The van der Waals surface area contributed by atoms with E-state index in [0.717, 1.165) is 63.1 Å². The molecule has 1 fully saturated rings. The van der Waals surface area contributed by atoms with E-state index in [9.17, 15) is 0 Å². The first-order chi connectivity index (χ1) is 8.81. The second-order valence-electron chi connectivity index (χ2n) is 5.18. The van der Waals surface area contributed by atoms with Crippen LogP contribution < -0.4 is 5.73 Å². The number of hydrogen-bond acceptors (Lipinski definition) is 5. The third kappa shape index (κ3) is 3.78. The molecule has 0 bridgehead atoms. The van der Waals surface area contributed by atoms with Crippen molar-refractivity contribution in [2.24, 2.45) is 11.7 Å². The number of aryl methyl sites for hydroxylation is 1. The zero-order chi connectivity index (χ0) is 12.8. The molecular formula is C13H24N4O. The van der Waals surface area contributed by atoms with Gasteiger partial charge in [-0.05, 0) is 44.7 Å². The summed E-state index contributed by atoms with van der Waals surface area (Å²) in [5.74, 6) is 2.33. The van der Waals surface area contributed by atoms with Crippen molar-refractivity contribution in [2.75, 3.05) is 19.6 Å². The lowest BCUT2D eigenvalue weighted by Gasteiger charge is -2.31. The number of rotatable bonds is 6. The highest BCUT2D eigenvalue weighted by Gasteiger charge is 2.21. The molecule has 0 amide bonds. The molecule has 102 valence electrons. The highest BCUT2D eigenvalue weighted by Crippen LogP contribution is 2.20. The molecule has 0 aliphatic carbocycles. The van der Waals surface area contributed by atoms with Crippen LogP contribution in [0.3, 0.4) is 0 Å². The molecule has 1 aromatic heterocycles. The largest absolute Gasteiger partial charge is 0.338 e. The fourth-order valence-corrected chi connectivity index (χ4v) is 2.64. The molecule has 0 radical (unpaired) electrons. The van der Waals surface area contributed by atoms with Gasteiger partial charge in [-0.15, -0.1) is 0 Å². The lowest BCUT2D eigenvalue weighted by Crippen LogP contribution is -2.35. The molecule has 0 aromatic carbocycles. The smallest absolute Gasteiger partial charge is 0.240 e. The van der Waals surface area contributed by atoms with E-state index in [4.69, 9.17) is 10.3 Å². The Morgan fingerprint density at radius 2 is 2.39 bits per heavy atom. The first-order valence-electron chi connectivity index (χ1n) is 7.05. The summed E-state index contributed by atoms with van der Waals surface area (Å²) < 4.78 is 5.29. The predicted octanol–water partition coefficient (Wildman–Crippen LogP) is 1.58. The van der Waals surface area contributed by atoms with Crippen LogP contribution in [0.1, 0.15) is 44.3 Å². The Morgan fingerprint density at radius 3 is 3.17 bits per heavy atom. The second-order valence-corrected chi connectivity index (χ2v) is 5.18. The van der Waals surface area contributed by atoms with Crippen LogP contribution in [-0.4, -0.2) is 34.7 Å². The van der Waals surface area contributed by atoms with Gasteiger partial charge in [-0.3, -0.25) is 4.90 Å². The van der Waals surface area contributed by atoms with Gasteiger partial charge in [0.15, 0.2) is 5.82 Å². The molecule has 5 heteroatoms. The van der Waals surface area contributed by atoms with Gasteiger partial charge in [-0.2, -0.15) is 4.98 Å². The number of piperidine rings is 1. The van der Waals surface area contributed by atoms with E-state index in [-0.39, 0.29) is 0 Å². The highest BCUT2D eigenvalue weighted by atomic mass is 16.5. The van der Waals surface area contributed by atoms with Gasteiger partial charge in [-0.1, -0.05) is 12.1 Å². The molecule has 2 N–H and O–H groups in total. The quantitative estimate of drug-likeness (QED) is 0.832. The monoisotopic (exact) mass is 252 g/mol. The van der Waals surface area contributed by atoms with Crippen LogP contribution in [0.4, 0.5) is 0 Å². The zero-order valence-corrected chi connectivity index (χ0v) is 11.3. The standard InChI is InChI=1S/C13H24N4O/c1-2-4-12-15-13(18-16-12)10-17-8-3-5-11(9-17)6-7-14/h11H,2-10,14H2,1H3. The van der Waals surface area contributed by atoms with Gasteiger partial charge < -0.3 is 10.3 Å². The molecule has 1 aliphatic rings. The van der Waals surface area contributed by atoms with Crippen LogP contribution in [0, 0.1) is 5.92 Å². The molecule has 1 unspecified atom stereocenters. The molecule has 18 heavy (non-hydrogen) atoms. The average Bonchev–Trinajstić information content (AvgIpc) is 2.78. The molecular weight excluding hydrogens is 228 g/mol. The maximum absolute atomic E-state index is 5.63. The first-order valence-corrected chi connectivity index (χ1v) is 7.05. The molecule has 2 rings (SSSR count). The van der Waals surface area contributed by atoms with Gasteiger partial charge in [-0.25, -0.2) is 0 Å². The molecule has 1 atom stereocenters. The summed E-state index contributed by atoms with van der Waals surface area (Å²) in [5, 5.41) is 3.99. The Kier molecular flexibility index (Phi) is 5.13. The summed E-state index contributed by atoms with van der Waals surface area (Å²) in [6.45, 7) is 5.95. The minimum atomic E-state index is 0.738. The third-order valence-electron chi connectivity index (χ3n) is 3.52. The fraction of sp³-hybridized carbons (Fsp3) is 0.846.